The molecule has 0 aliphatic rings. The van der Waals surface area contributed by atoms with Crippen LogP contribution >= 0.6 is 0 Å². The van der Waals surface area contributed by atoms with Crippen LogP contribution in [0.4, 0.5) is 22.7 Å². The summed E-state index contributed by atoms with van der Waals surface area (Å²) in [5.41, 5.74) is 11.4. The number of para-hydroxylation sites is 1. The van der Waals surface area contributed by atoms with Gasteiger partial charge in [0.15, 0.2) is 0 Å². The van der Waals surface area contributed by atoms with Crippen LogP contribution in [0.5, 0.6) is 5.75 Å². The number of nitrogens with zero attached hydrogens (tertiary/aromatic N) is 3. The molecule has 0 aliphatic heterocycles. The Morgan fingerprint density at radius 3 is 2.30 bits per heavy atom. The minimum absolute atomic E-state index is 0.0709. The fraction of sp³-hybridized carbons (Fsp3) is 0.300. The van der Waals surface area contributed by atoms with Crippen LogP contribution in [0.15, 0.2) is 41.5 Å². The fourth-order valence-electron chi connectivity index (χ4n) is 2.73. The topological polar surface area (TPSA) is 140 Å². The molecule has 1 unspecified atom stereocenters. The van der Waals surface area contributed by atoms with Gasteiger partial charge in [0.1, 0.15) is 5.75 Å². The van der Waals surface area contributed by atoms with Gasteiger partial charge in [0.05, 0.1) is 28.5 Å². The Morgan fingerprint density at radius 1 is 1.10 bits per heavy atom. The number of azide groups is 1. The van der Waals surface area contributed by atoms with E-state index < -0.39 is 11.9 Å². The Morgan fingerprint density at radius 2 is 1.73 bits per heavy atom. The number of benzene rings is 2. The average Bonchev–Trinajstić information content (AvgIpc) is 2.77. The summed E-state index contributed by atoms with van der Waals surface area (Å²) in [6.45, 7) is 1.71. The number of carbonyl (C=O) groups is 2. The number of nitrogens with one attached hydrogen (secondary N) is 4. The van der Waals surface area contributed by atoms with Gasteiger partial charge in [0, 0.05) is 38.3 Å². The third-order valence-corrected chi connectivity index (χ3v) is 4.39. The predicted octanol–water partition coefficient (Wildman–Crippen LogP) is 3.73. The first-order valence-electron chi connectivity index (χ1n) is 9.30. The van der Waals surface area contributed by atoms with Crippen LogP contribution in [-0.4, -0.2) is 39.6 Å². The zero-order valence-electron chi connectivity index (χ0n) is 17.3. The summed E-state index contributed by atoms with van der Waals surface area (Å²) in [6.07, 6.45) is 0. The minimum atomic E-state index is -0.624. The van der Waals surface area contributed by atoms with E-state index in [-0.39, 0.29) is 23.9 Å². The number of esters is 1. The van der Waals surface area contributed by atoms with Crippen LogP contribution in [-0.2, 0) is 4.79 Å². The van der Waals surface area contributed by atoms with Crippen molar-refractivity contribution in [3.05, 3.63) is 52.4 Å². The molecule has 0 spiro atoms. The molecule has 0 saturated carbocycles. The Labute approximate surface area is 174 Å². The highest BCUT2D eigenvalue weighted by Gasteiger charge is 2.21. The van der Waals surface area contributed by atoms with Crippen molar-refractivity contribution in [1.82, 2.24) is 5.32 Å². The Balaban J connectivity index is 2.09. The van der Waals surface area contributed by atoms with Crippen molar-refractivity contribution in [2.45, 2.75) is 6.92 Å². The van der Waals surface area contributed by atoms with Gasteiger partial charge in [-0.1, -0.05) is 24.2 Å². The summed E-state index contributed by atoms with van der Waals surface area (Å²) in [6, 6.07) is 10.1. The van der Waals surface area contributed by atoms with Crippen molar-refractivity contribution >= 4 is 34.6 Å². The molecule has 0 saturated heterocycles. The molecule has 0 heterocycles. The minimum Gasteiger partial charge on any atom is -0.426 e. The molecule has 158 valence electrons. The van der Waals surface area contributed by atoms with E-state index in [2.05, 4.69) is 31.3 Å². The Hall–Kier alpha value is -3.91. The van der Waals surface area contributed by atoms with Gasteiger partial charge in [0.25, 0.3) is 5.91 Å². The highest BCUT2D eigenvalue weighted by Crippen LogP contribution is 2.29. The van der Waals surface area contributed by atoms with Gasteiger partial charge >= 0.3 is 5.97 Å². The summed E-state index contributed by atoms with van der Waals surface area (Å²) >= 11 is 0. The molecule has 2 aromatic rings. The highest BCUT2D eigenvalue weighted by atomic mass is 16.5. The maximum atomic E-state index is 12.8. The molecule has 0 aliphatic carbocycles. The van der Waals surface area contributed by atoms with E-state index in [0.29, 0.717) is 16.9 Å². The number of ether oxygens (including phenoxy) is 1. The number of anilines is 3. The van der Waals surface area contributed by atoms with Gasteiger partial charge in [-0.15, -0.1) is 0 Å². The summed E-state index contributed by atoms with van der Waals surface area (Å²) in [5.74, 6) is -1.35. The van der Waals surface area contributed by atoms with Crippen molar-refractivity contribution in [2.75, 3.05) is 43.6 Å². The van der Waals surface area contributed by atoms with Crippen molar-refractivity contribution in [3.8, 4) is 5.75 Å². The summed E-state index contributed by atoms with van der Waals surface area (Å²) < 4.78 is 5.33. The molecule has 30 heavy (non-hydrogen) atoms. The van der Waals surface area contributed by atoms with Crippen LogP contribution < -0.4 is 26.0 Å². The molecule has 2 rings (SSSR count). The van der Waals surface area contributed by atoms with Gasteiger partial charge in [-0.2, -0.15) is 0 Å². The van der Waals surface area contributed by atoms with E-state index in [1.165, 1.54) is 6.07 Å². The monoisotopic (exact) mass is 411 g/mol. The number of rotatable bonds is 9. The Bertz CT molecular complexity index is 946. The van der Waals surface area contributed by atoms with E-state index in [1.807, 2.05) is 12.1 Å². The number of hydrogen-bond donors (Lipinski definition) is 4. The quantitative estimate of drug-likeness (QED) is 0.163. The van der Waals surface area contributed by atoms with Crippen LogP contribution in [0.1, 0.15) is 17.3 Å². The largest absolute Gasteiger partial charge is 0.426 e. The zero-order valence-corrected chi connectivity index (χ0v) is 17.3. The van der Waals surface area contributed by atoms with E-state index in [9.17, 15) is 9.59 Å². The van der Waals surface area contributed by atoms with Gasteiger partial charge in [0.2, 0.25) is 0 Å². The lowest BCUT2D eigenvalue weighted by molar-refractivity contribution is -0.138. The normalized spacial score (nSPS) is 10.9. The van der Waals surface area contributed by atoms with Crippen molar-refractivity contribution in [3.63, 3.8) is 0 Å². The lowest BCUT2D eigenvalue weighted by atomic mass is 10.1. The SMILES string of the molecule is CNc1cc(NC)c(C(=O)NCC(C)C(=O)Oc2ccccc2N=[N+]=[N-])c(NC)c1. The molecule has 10 nitrogen and oxygen atoms in total. The van der Waals surface area contributed by atoms with Crippen molar-refractivity contribution in [2.24, 2.45) is 11.0 Å². The second kappa shape index (κ2) is 10.6. The first kappa shape index (κ1) is 22.4. The first-order chi connectivity index (χ1) is 14.4. The number of hydrogen-bond acceptors (Lipinski definition) is 7. The molecule has 0 radical (unpaired) electrons. The maximum absolute atomic E-state index is 12.8. The Kier molecular flexibility index (Phi) is 7.90. The standard InChI is InChI=1S/C20H25N7O3/c1-12(20(29)30-17-8-6-5-7-14(17)26-27-21)11-25-19(28)18-15(23-3)9-13(22-2)10-16(18)24-4/h5-10,12,22-24H,11H2,1-4H3,(H,25,28). The summed E-state index contributed by atoms with van der Waals surface area (Å²) in [5, 5.41) is 15.3. The molecule has 2 aromatic carbocycles. The molecular weight excluding hydrogens is 386 g/mol. The molecule has 1 amide bonds. The molecule has 1 atom stereocenters. The smallest absolute Gasteiger partial charge is 0.315 e. The highest BCUT2D eigenvalue weighted by molar-refractivity contribution is 6.06. The van der Waals surface area contributed by atoms with E-state index in [1.54, 1.807) is 46.3 Å². The average molecular weight is 411 g/mol. The lowest BCUT2D eigenvalue weighted by Crippen LogP contribution is -2.34. The van der Waals surface area contributed by atoms with Crippen molar-refractivity contribution in [1.29, 1.82) is 0 Å². The molecule has 0 aromatic heterocycles. The second-order valence-corrected chi connectivity index (χ2v) is 6.39. The van der Waals surface area contributed by atoms with Crippen LogP contribution in [0.25, 0.3) is 10.4 Å². The molecular formula is C20H25N7O3. The third-order valence-electron chi connectivity index (χ3n) is 4.39. The predicted molar refractivity (Wildman–Crippen MR) is 117 cm³/mol. The third kappa shape index (κ3) is 5.33. The molecule has 0 bridgehead atoms. The second-order valence-electron chi connectivity index (χ2n) is 6.39. The van der Waals surface area contributed by atoms with Crippen LogP contribution in [0.2, 0.25) is 0 Å². The zero-order chi connectivity index (χ0) is 22.1. The summed E-state index contributed by atoms with van der Waals surface area (Å²) in [7, 11) is 5.25. The van der Waals surface area contributed by atoms with Crippen LogP contribution in [0, 0.1) is 5.92 Å². The van der Waals surface area contributed by atoms with E-state index in [4.69, 9.17) is 10.3 Å². The first-order valence-corrected chi connectivity index (χ1v) is 9.30. The van der Waals surface area contributed by atoms with Crippen molar-refractivity contribution < 1.29 is 14.3 Å². The molecule has 0 fully saturated rings. The van der Waals surface area contributed by atoms with E-state index >= 15 is 0 Å². The molecule has 4 N–H and O–H groups in total. The van der Waals surface area contributed by atoms with Gasteiger partial charge in [-0.3, -0.25) is 9.59 Å². The van der Waals surface area contributed by atoms with Gasteiger partial charge in [-0.05, 0) is 29.8 Å². The van der Waals surface area contributed by atoms with Crippen LogP contribution in [0.3, 0.4) is 0 Å². The number of amides is 1. The van der Waals surface area contributed by atoms with Gasteiger partial charge < -0.3 is 26.0 Å². The summed E-state index contributed by atoms with van der Waals surface area (Å²) in [4.78, 5) is 27.9. The van der Waals surface area contributed by atoms with Gasteiger partial charge in [-0.25, -0.2) is 0 Å². The van der Waals surface area contributed by atoms with E-state index in [0.717, 1.165) is 5.69 Å². The lowest BCUT2D eigenvalue weighted by Gasteiger charge is -2.18. The number of carbonyl (C=O) groups excluding carboxylic acids is 2. The fourth-order valence-corrected chi connectivity index (χ4v) is 2.73. The maximum Gasteiger partial charge on any atom is 0.315 e. The molecule has 10 heteroatoms.